The van der Waals surface area contributed by atoms with E-state index >= 15 is 0 Å². The summed E-state index contributed by atoms with van der Waals surface area (Å²) in [7, 11) is -3.55. The van der Waals surface area contributed by atoms with Crippen LogP contribution < -0.4 is 10.0 Å². The molecule has 0 radical (unpaired) electrons. The number of benzene rings is 2. The van der Waals surface area contributed by atoms with Gasteiger partial charge in [0.15, 0.2) is 0 Å². The Morgan fingerprint density at radius 1 is 1.13 bits per heavy atom. The Hall–Kier alpha value is -2.19. The maximum absolute atomic E-state index is 13.5. The van der Waals surface area contributed by atoms with Crippen molar-refractivity contribution in [1.29, 1.82) is 0 Å². The molecule has 5 nitrogen and oxygen atoms in total. The number of carbonyl (C=O) groups excluding carboxylic acids is 1. The van der Waals surface area contributed by atoms with Gasteiger partial charge in [-0.15, -0.1) is 0 Å². The molecular formula is C14H11ClF2N2O3S. The standard InChI is InChI=1S/C14H11ClF2N2O3S/c1-23(21,22)19-8-5-6-10(15)9(7-8)14(20)18-13-11(16)3-2-4-12(13)17/h2-7,19H,1H3,(H,18,20). The van der Waals surface area contributed by atoms with E-state index in [4.69, 9.17) is 11.6 Å². The Balaban J connectivity index is 2.34. The molecule has 23 heavy (non-hydrogen) atoms. The second kappa shape index (κ2) is 6.51. The molecule has 0 heterocycles. The number of halogens is 3. The Kier molecular flexibility index (Phi) is 4.86. The normalized spacial score (nSPS) is 11.1. The topological polar surface area (TPSA) is 75.3 Å². The predicted octanol–water partition coefficient (Wildman–Crippen LogP) is 3.24. The van der Waals surface area contributed by atoms with Gasteiger partial charge in [-0.05, 0) is 30.3 Å². The second-order valence-electron chi connectivity index (χ2n) is 4.62. The average molecular weight is 361 g/mol. The van der Waals surface area contributed by atoms with E-state index in [9.17, 15) is 22.0 Å². The van der Waals surface area contributed by atoms with Crippen LogP contribution in [0.5, 0.6) is 0 Å². The molecule has 0 saturated carbocycles. The molecule has 1 amide bonds. The summed E-state index contributed by atoms with van der Waals surface area (Å²) in [5.74, 6) is -2.77. The predicted molar refractivity (Wildman–Crippen MR) is 84.2 cm³/mol. The SMILES string of the molecule is CS(=O)(=O)Nc1ccc(Cl)c(C(=O)Nc2c(F)cccc2F)c1. The molecule has 2 aromatic carbocycles. The van der Waals surface area contributed by atoms with Crippen LogP contribution in [-0.2, 0) is 10.0 Å². The molecule has 122 valence electrons. The van der Waals surface area contributed by atoms with Crippen LogP contribution in [-0.4, -0.2) is 20.6 Å². The zero-order valence-electron chi connectivity index (χ0n) is 11.7. The minimum Gasteiger partial charge on any atom is -0.317 e. The van der Waals surface area contributed by atoms with Crippen LogP contribution in [0.4, 0.5) is 20.2 Å². The molecule has 2 aromatic rings. The summed E-state index contributed by atoms with van der Waals surface area (Å²) in [6, 6.07) is 6.94. The fourth-order valence-electron chi connectivity index (χ4n) is 1.77. The number of sulfonamides is 1. The van der Waals surface area contributed by atoms with Gasteiger partial charge in [0.05, 0.1) is 16.8 Å². The number of carbonyl (C=O) groups is 1. The molecule has 0 saturated heterocycles. The molecule has 0 aliphatic rings. The minimum atomic E-state index is -3.55. The quantitative estimate of drug-likeness (QED) is 0.878. The van der Waals surface area contributed by atoms with E-state index in [0.29, 0.717) is 0 Å². The van der Waals surface area contributed by atoms with Gasteiger partial charge in [-0.1, -0.05) is 17.7 Å². The number of rotatable bonds is 4. The monoisotopic (exact) mass is 360 g/mol. The molecule has 0 bridgehead atoms. The van der Waals surface area contributed by atoms with Gasteiger partial charge in [0, 0.05) is 5.69 Å². The van der Waals surface area contributed by atoms with Crippen LogP contribution in [0, 0.1) is 11.6 Å². The van der Waals surface area contributed by atoms with Gasteiger partial charge in [0.2, 0.25) is 10.0 Å². The van der Waals surface area contributed by atoms with Crippen molar-refractivity contribution in [3.05, 3.63) is 58.6 Å². The molecular weight excluding hydrogens is 350 g/mol. The minimum absolute atomic E-state index is 0.00158. The van der Waals surface area contributed by atoms with Crippen molar-refractivity contribution in [2.75, 3.05) is 16.3 Å². The van der Waals surface area contributed by atoms with Gasteiger partial charge in [-0.2, -0.15) is 0 Å². The lowest BCUT2D eigenvalue weighted by molar-refractivity contribution is 0.102. The Morgan fingerprint density at radius 2 is 1.74 bits per heavy atom. The molecule has 9 heteroatoms. The lowest BCUT2D eigenvalue weighted by Crippen LogP contribution is -2.16. The van der Waals surface area contributed by atoms with Gasteiger partial charge < -0.3 is 5.32 Å². The first-order valence-electron chi connectivity index (χ1n) is 6.20. The number of para-hydroxylation sites is 1. The van der Waals surface area contributed by atoms with Crippen molar-refractivity contribution < 1.29 is 22.0 Å². The van der Waals surface area contributed by atoms with Crippen molar-refractivity contribution in [1.82, 2.24) is 0 Å². The molecule has 0 aliphatic carbocycles. The molecule has 0 aromatic heterocycles. The highest BCUT2D eigenvalue weighted by molar-refractivity contribution is 7.92. The van der Waals surface area contributed by atoms with E-state index in [1.807, 2.05) is 0 Å². The van der Waals surface area contributed by atoms with E-state index in [0.717, 1.165) is 30.5 Å². The largest absolute Gasteiger partial charge is 0.317 e. The summed E-state index contributed by atoms with van der Waals surface area (Å²) in [5, 5.41) is 2.07. The fraction of sp³-hybridized carbons (Fsp3) is 0.0714. The average Bonchev–Trinajstić information content (AvgIpc) is 2.43. The number of nitrogens with one attached hydrogen (secondary N) is 2. The first-order chi connectivity index (χ1) is 10.7. The highest BCUT2D eigenvalue weighted by Crippen LogP contribution is 2.24. The van der Waals surface area contributed by atoms with Crippen LogP contribution in [0.1, 0.15) is 10.4 Å². The van der Waals surface area contributed by atoms with Crippen molar-refractivity contribution in [3.8, 4) is 0 Å². The molecule has 0 spiro atoms. The van der Waals surface area contributed by atoms with Crippen LogP contribution in [0.15, 0.2) is 36.4 Å². The van der Waals surface area contributed by atoms with Crippen LogP contribution in [0.3, 0.4) is 0 Å². The van der Waals surface area contributed by atoms with Crippen LogP contribution in [0.25, 0.3) is 0 Å². The lowest BCUT2D eigenvalue weighted by Gasteiger charge is -2.10. The summed E-state index contributed by atoms with van der Waals surface area (Å²) in [5.41, 5.74) is -0.658. The van der Waals surface area contributed by atoms with Crippen LogP contribution in [0.2, 0.25) is 5.02 Å². The third-order valence-corrected chi connectivity index (χ3v) is 3.65. The van der Waals surface area contributed by atoms with Crippen molar-refractivity contribution >= 4 is 38.9 Å². The summed E-state index contributed by atoms with van der Waals surface area (Å²) < 4.78 is 51.7. The second-order valence-corrected chi connectivity index (χ2v) is 6.78. The maximum Gasteiger partial charge on any atom is 0.257 e. The molecule has 2 N–H and O–H groups in total. The molecule has 0 aliphatic heterocycles. The Bertz CT molecular complexity index is 852. The summed E-state index contributed by atoms with van der Waals surface area (Å²) in [6.45, 7) is 0. The third-order valence-electron chi connectivity index (χ3n) is 2.72. The molecule has 0 atom stereocenters. The number of anilines is 2. The van der Waals surface area contributed by atoms with Gasteiger partial charge >= 0.3 is 0 Å². The highest BCUT2D eigenvalue weighted by atomic mass is 35.5. The number of hydrogen-bond donors (Lipinski definition) is 2. The first-order valence-corrected chi connectivity index (χ1v) is 8.47. The summed E-state index contributed by atoms with van der Waals surface area (Å²) in [4.78, 5) is 12.2. The third kappa shape index (κ3) is 4.40. The van der Waals surface area contributed by atoms with E-state index in [2.05, 4.69) is 10.0 Å². The van der Waals surface area contributed by atoms with E-state index < -0.39 is 33.3 Å². The molecule has 0 unspecified atom stereocenters. The maximum atomic E-state index is 13.5. The smallest absolute Gasteiger partial charge is 0.257 e. The highest BCUT2D eigenvalue weighted by Gasteiger charge is 2.17. The van der Waals surface area contributed by atoms with Gasteiger partial charge in [-0.3, -0.25) is 9.52 Å². The summed E-state index contributed by atoms with van der Waals surface area (Å²) in [6.07, 6.45) is 0.941. The van der Waals surface area contributed by atoms with Crippen LogP contribution >= 0.6 is 11.6 Å². The summed E-state index contributed by atoms with van der Waals surface area (Å²) >= 11 is 5.88. The van der Waals surface area contributed by atoms with Gasteiger partial charge in [0.25, 0.3) is 5.91 Å². The van der Waals surface area contributed by atoms with Crippen molar-refractivity contribution in [2.45, 2.75) is 0 Å². The van der Waals surface area contributed by atoms with E-state index in [1.54, 1.807) is 0 Å². The van der Waals surface area contributed by atoms with E-state index in [-0.39, 0.29) is 16.3 Å². The Morgan fingerprint density at radius 3 is 2.30 bits per heavy atom. The lowest BCUT2D eigenvalue weighted by atomic mass is 10.2. The first kappa shape index (κ1) is 17.2. The molecule has 2 rings (SSSR count). The molecule has 0 fully saturated rings. The number of hydrogen-bond acceptors (Lipinski definition) is 3. The van der Waals surface area contributed by atoms with Gasteiger partial charge in [0.1, 0.15) is 17.3 Å². The van der Waals surface area contributed by atoms with Gasteiger partial charge in [-0.25, -0.2) is 17.2 Å². The van der Waals surface area contributed by atoms with Crippen molar-refractivity contribution in [3.63, 3.8) is 0 Å². The number of amides is 1. The Labute approximate surface area is 136 Å². The fourth-order valence-corrected chi connectivity index (χ4v) is 2.53. The van der Waals surface area contributed by atoms with E-state index in [1.165, 1.54) is 12.1 Å². The zero-order chi connectivity index (χ0) is 17.2. The van der Waals surface area contributed by atoms with Crippen molar-refractivity contribution in [2.24, 2.45) is 0 Å². The zero-order valence-corrected chi connectivity index (χ0v) is 13.3.